The molecule has 1 saturated carbocycles. The maximum absolute atomic E-state index is 13.5. The van der Waals surface area contributed by atoms with E-state index in [1.54, 1.807) is 14.1 Å². The minimum absolute atomic E-state index is 0. The van der Waals surface area contributed by atoms with E-state index in [4.69, 9.17) is 11.5 Å². The molecule has 1 fully saturated rings. The van der Waals surface area contributed by atoms with Gasteiger partial charge in [-0.2, -0.15) is 0 Å². The molecule has 2 unspecified atom stereocenters. The van der Waals surface area contributed by atoms with Crippen LogP contribution in [0.4, 0.5) is 5.69 Å². The number of carbonyl (C=O) groups is 3. The summed E-state index contributed by atoms with van der Waals surface area (Å²) in [5.41, 5.74) is 8.35. The lowest BCUT2D eigenvalue weighted by atomic mass is 9.57. The first-order chi connectivity index (χ1) is 14.4. The Labute approximate surface area is 201 Å². The summed E-state index contributed by atoms with van der Waals surface area (Å²) >= 11 is 0. The first kappa shape index (κ1) is 26.5. The number of rotatable bonds is 2. The molecule has 10 nitrogen and oxygen atoms in total. The number of carbonyl (C=O) groups excluding carboxylic acids is 3. The van der Waals surface area contributed by atoms with Gasteiger partial charge in [-0.05, 0) is 50.6 Å². The second-order valence-corrected chi connectivity index (χ2v) is 8.49. The number of Topliss-reactive ketones (excluding diaryl/α,β-unsaturated/α-hetero) is 2. The predicted molar refractivity (Wildman–Crippen MR) is 123 cm³/mol. The van der Waals surface area contributed by atoms with Crippen LogP contribution in [0.5, 0.6) is 5.75 Å². The summed E-state index contributed by atoms with van der Waals surface area (Å²) in [6.07, 6.45) is 0.204. The van der Waals surface area contributed by atoms with Crippen LogP contribution < -0.4 is 11.5 Å². The monoisotopic (exact) mass is 501 g/mol. The molecule has 33 heavy (non-hydrogen) atoms. The lowest BCUT2D eigenvalue weighted by molar-refractivity contribution is -0.153. The van der Waals surface area contributed by atoms with Gasteiger partial charge in [-0.1, -0.05) is 0 Å². The number of phenols is 1. The van der Waals surface area contributed by atoms with Crippen LogP contribution in [0.2, 0.25) is 0 Å². The van der Waals surface area contributed by atoms with E-state index in [0.29, 0.717) is 11.3 Å². The Hall–Kier alpha value is -2.79. The minimum Gasteiger partial charge on any atom is -0.508 e. The summed E-state index contributed by atoms with van der Waals surface area (Å²) in [4.78, 5) is 39.8. The first-order valence-electron chi connectivity index (χ1n) is 9.68. The second-order valence-electron chi connectivity index (χ2n) is 8.49. The molecule has 4 atom stereocenters. The van der Waals surface area contributed by atoms with Gasteiger partial charge in [-0.15, -0.1) is 24.8 Å². The van der Waals surface area contributed by atoms with Crippen molar-refractivity contribution in [1.29, 1.82) is 0 Å². The van der Waals surface area contributed by atoms with Crippen molar-refractivity contribution in [1.82, 2.24) is 4.90 Å². The summed E-state index contributed by atoms with van der Waals surface area (Å²) in [5.74, 6) is -6.80. The summed E-state index contributed by atoms with van der Waals surface area (Å²) in [6, 6.07) is 1.65. The molecule has 0 aliphatic heterocycles. The molecule has 0 radical (unpaired) electrons. The van der Waals surface area contributed by atoms with Gasteiger partial charge in [0.15, 0.2) is 11.4 Å². The number of phenolic OH excluding ortho intramolecular Hbond substituents is 1. The number of fused-ring (bicyclic) bond motifs is 3. The van der Waals surface area contributed by atoms with Crippen molar-refractivity contribution in [3.8, 4) is 5.75 Å². The van der Waals surface area contributed by atoms with Gasteiger partial charge in [0.1, 0.15) is 22.8 Å². The summed E-state index contributed by atoms with van der Waals surface area (Å²) < 4.78 is 0. The van der Waals surface area contributed by atoms with E-state index in [0.717, 1.165) is 0 Å². The molecule has 0 aromatic heterocycles. The average molecular weight is 502 g/mol. The quantitative estimate of drug-likeness (QED) is 0.189. The summed E-state index contributed by atoms with van der Waals surface area (Å²) in [5, 5.41) is 43.3. The SMILES string of the molecule is CN(C)[C@@H]1C(=O)C(C(N)=O)=C(O)[C@@]2(O)C(=O)C3=C(O)c4c(O)ccc(N)c4CC3CC12.Cl.Cl. The highest BCUT2D eigenvalue weighted by atomic mass is 35.5. The number of amides is 1. The van der Waals surface area contributed by atoms with Crippen LogP contribution in [-0.2, 0) is 20.8 Å². The molecule has 1 aromatic rings. The lowest BCUT2D eigenvalue weighted by Gasteiger charge is -2.50. The van der Waals surface area contributed by atoms with Crippen molar-refractivity contribution in [3.63, 3.8) is 0 Å². The van der Waals surface area contributed by atoms with Crippen molar-refractivity contribution < 1.29 is 34.8 Å². The normalized spacial score (nSPS) is 28.4. The Morgan fingerprint density at radius 3 is 2.30 bits per heavy atom. The zero-order chi connectivity index (χ0) is 23.0. The van der Waals surface area contributed by atoms with Crippen molar-refractivity contribution in [2.75, 3.05) is 19.8 Å². The number of hydrogen-bond acceptors (Lipinski definition) is 9. The molecule has 3 aliphatic rings. The van der Waals surface area contributed by atoms with Gasteiger partial charge in [0.2, 0.25) is 5.78 Å². The van der Waals surface area contributed by atoms with E-state index in [2.05, 4.69) is 0 Å². The van der Waals surface area contributed by atoms with Crippen LogP contribution in [0.15, 0.2) is 29.0 Å². The number of ketones is 2. The Kier molecular flexibility index (Phi) is 6.84. The number of hydrogen-bond donors (Lipinski definition) is 6. The highest BCUT2D eigenvalue weighted by Gasteiger charge is 2.64. The van der Waals surface area contributed by atoms with Crippen LogP contribution >= 0.6 is 24.8 Å². The van der Waals surface area contributed by atoms with E-state index < -0.39 is 58.0 Å². The molecule has 0 spiro atoms. The van der Waals surface area contributed by atoms with Crippen molar-refractivity contribution in [3.05, 3.63) is 40.2 Å². The molecule has 12 heteroatoms. The number of nitrogens with zero attached hydrogens (tertiary/aromatic N) is 1. The molecule has 180 valence electrons. The Bertz CT molecular complexity index is 1130. The molecule has 0 bridgehead atoms. The number of benzene rings is 1. The third-order valence-electron chi connectivity index (χ3n) is 6.64. The Morgan fingerprint density at radius 1 is 1.15 bits per heavy atom. The number of anilines is 1. The number of aliphatic hydroxyl groups is 3. The molecule has 8 N–H and O–H groups in total. The minimum atomic E-state index is -2.64. The third kappa shape index (κ3) is 3.36. The zero-order valence-corrected chi connectivity index (χ0v) is 19.4. The fraction of sp³-hybridized carbons (Fsp3) is 0.381. The predicted octanol–water partition coefficient (Wildman–Crippen LogP) is 0.390. The van der Waals surface area contributed by atoms with E-state index >= 15 is 0 Å². The topological polar surface area (TPSA) is 187 Å². The number of aliphatic hydroxyl groups excluding tert-OH is 2. The fourth-order valence-corrected chi connectivity index (χ4v) is 5.27. The summed E-state index contributed by atoms with van der Waals surface area (Å²) in [6.45, 7) is 0. The van der Waals surface area contributed by atoms with Crippen LogP contribution in [-0.4, -0.2) is 68.5 Å². The smallest absolute Gasteiger partial charge is 0.255 e. The molecule has 0 saturated heterocycles. The molecule has 0 heterocycles. The number of aromatic hydroxyl groups is 1. The maximum atomic E-state index is 13.5. The number of likely N-dealkylation sites (N-methyl/N-ethyl adjacent to an activating group) is 1. The van der Waals surface area contributed by atoms with Gasteiger partial charge < -0.3 is 31.9 Å². The fourth-order valence-electron chi connectivity index (χ4n) is 5.27. The van der Waals surface area contributed by atoms with Gasteiger partial charge in [-0.3, -0.25) is 19.3 Å². The van der Waals surface area contributed by atoms with E-state index in [9.17, 15) is 34.8 Å². The molecule has 3 aliphatic carbocycles. The molecular weight excluding hydrogens is 477 g/mol. The van der Waals surface area contributed by atoms with Crippen molar-refractivity contribution >= 4 is 53.7 Å². The van der Waals surface area contributed by atoms with Crippen molar-refractivity contribution in [2.24, 2.45) is 17.6 Å². The summed E-state index contributed by atoms with van der Waals surface area (Å²) in [7, 11) is 3.09. The van der Waals surface area contributed by atoms with E-state index in [1.807, 2.05) is 0 Å². The average Bonchev–Trinajstić information content (AvgIpc) is 2.67. The zero-order valence-electron chi connectivity index (χ0n) is 17.7. The third-order valence-corrected chi connectivity index (χ3v) is 6.64. The molecule has 4 rings (SSSR count). The van der Waals surface area contributed by atoms with Crippen LogP contribution in [0, 0.1) is 11.8 Å². The molecular formula is C21H25Cl2N3O7. The first-order valence-corrected chi connectivity index (χ1v) is 9.68. The van der Waals surface area contributed by atoms with Gasteiger partial charge in [0.05, 0.1) is 11.6 Å². The molecule has 1 amide bonds. The largest absolute Gasteiger partial charge is 0.508 e. The number of nitrogens with two attached hydrogens (primary N) is 2. The number of halogens is 2. The second kappa shape index (κ2) is 8.53. The van der Waals surface area contributed by atoms with E-state index in [-0.39, 0.29) is 54.5 Å². The van der Waals surface area contributed by atoms with Gasteiger partial charge in [0.25, 0.3) is 5.91 Å². The van der Waals surface area contributed by atoms with Crippen LogP contribution in [0.25, 0.3) is 5.76 Å². The Morgan fingerprint density at radius 2 is 1.76 bits per heavy atom. The highest BCUT2D eigenvalue weighted by Crippen LogP contribution is 2.53. The number of primary amides is 1. The van der Waals surface area contributed by atoms with E-state index in [1.165, 1.54) is 17.0 Å². The van der Waals surface area contributed by atoms with Crippen LogP contribution in [0.3, 0.4) is 0 Å². The van der Waals surface area contributed by atoms with Crippen molar-refractivity contribution in [2.45, 2.75) is 24.5 Å². The lowest BCUT2D eigenvalue weighted by Crippen LogP contribution is -2.65. The van der Waals surface area contributed by atoms with Gasteiger partial charge >= 0.3 is 0 Å². The molecule has 1 aromatic carbocycles. The van der Waals surface area contributed by atoms with Gasteiger partial charge in [0, 0.05) is 17.2 Å². The number of nitrogen functional groups attached to an aromatic ring is 1. The Balaban J connectivity index is 0.00000193. The highest BCUT2D eigenvalue weighted by molar-refractivity contribution is 6.24. The maximum Gasteiger partial charge on any atom is 0.255 e. The van der Waals surface area contributed by atoms with Gasteiger partial charge in [-0.25, -0.2) is 0 Å². The van der Waals surface area contributed by atoms with Crippen LogP contribution in [0.1, 0.15) is 17.5 Å². The standard InChI is InChI=1S/C21H23N3O7.2ClH/c1-24(2)15-9-6-7-5-8-10(22)3-4-11(25)13(8)16(26)12(7)18(28)21(9,31)19(29)14(17(15)27)20(23)30;;/h3-4,7,9,15,25-26,29,31H,5-6,22H2,1-2H3,(H2,23,30);2*1H/t7?,9?,15-,21-;;/m0../s1.